The summed E-state index contributed by atoms with van der Waals surface area (Å²) in [5.74, 6) is -0.214. The van der Waals surface area contributed by atoms with Gasteiger partial charge < -0.3 is 20.7 Å². The highest BCUT2D eigenvalue weighted by Crippen LogP contribution is 2.29. The van der Waals surface area contributed by atoms with Crippen LogP contribution in [0.1, 0.15) is 9.67 Å². The van der Waals surface area contributed by atoms with Crippen LogP contribution in [0.5, 0.6) is 0 Å². The number of likely N-dealkylation sites (N-methyl/N-ethyl adjacent to an activating group) is 1. The van der Waals surface area contributed by atoms with Crippen LogP contribution in [0.3, 0.4) is 0 Å². The van der Waals surface area contributed by atoms with Crippen molar-refractivity contribution in [3.05, 3.63) is 17.3 Å². The van der Waals surface area contributed by atoms with Crippen molar-refractivity contribution in [3.63, 3.8) is 0 Å². The highest BCUT2D eigenvalue weighted by atomic mass is 32.1. The quantitative estimate of drug-likeness (QED) is 0.727. The fourth-order valence-electron chi connectivity index (χ4n) is 1.68. The molecule has 0 aliphatic heterocycles. The summed E-state index contributed by atoms with van der Waals surface area (Å²) in [5.41, 5.74) is 6.90. The third-order valence-electron chi connectivity index (χ3n) is 2.78. The summed E-state index contributed by atoms with van der Waals surface area (Å²) < 4.78 is 5.41. The van der Waals surface area contributed by atoms with Crippen LogP contribution in [0.2, 0.25) is 0 Å². The molecule has 2 aromatic heterocycles. The summed E-state index contributed by atoms with van der Waals surface area (Å²) in [6, 6.07) is 0. The fraction of sp³-hybridized carbons (Fsp3) is 0.462. The van der Waals surface area contributed by atoms with Gasteiger partial charge in [0.1, 0.15) is 15.2 Å². The molecule has 3 N–H and O–H groups in total. The number of carbonyl (C=O) groups is 1. The molecule has 1 amide bonds. The SMILES string of the molecule is CN(C)CCOCCNC(=O)c1sc2nccnc2c1N. The number of ether oxygens (including phenoxy) is 1. The van der Waals surface area contributed by atoms with Crippen molar-refractivity contribution < 1.29 is 9.53 Å². The van der Waals surface area contributed by atoms with Crippen molar-refractivity contribution in [2.45, 2.75) is 0 Å². The van der Waals surface area contributed by atoms with Crippen molar-refractivity contribution in [1.29, 1.82) is 0 Å². The lowest BCUT2D eigenvalue weighted by Gasteiger charge is -2.10. The van der Waals surface area contributed by atoms with E-state index in [1.807, 2.05) is 19.0 Å². The average molecular weight is 309 g/mol. The normalized spacial score (nSPS) is 11.2. The fourth-order valence-corrected chi connectivity index (χ4v) is 2.62. The highest BCUT2D eigenvalue weighted by Gasteiger charge is 2.17. The molecule has 0 saturated heterocycles. The molecule has 0 aromatic carbocycles. The molecule has 0 aliphatic carbocycles. The van der Waals surface area contributed by atoms with Gasteiger partial charge in [0.2, 0.25) is 0 Å². The van der Waals surface area contributed by atoms with E-state index < -0.39 is 0 Å². The Balaban J connectivity index is 1.84. The molecule has 0 radical (unpaired) electrons. The number of hydrogen-bond donors (Lipinski definition) is 2. The van der Waals surface area contributed by atoms with Gasteiger partial charge in [-0.2, -0.15) is 0 Å². The molecule has 114 valence electrons. The number of thiophene rings is 1. The van der Waals surface area contributed by atoms with E-state index in [0.717, 1.165) is 6.54 Å². The smallest absolute Gasteiger partial charge is 0.263 e. The largest absolute Gasteiger partial charge is 0.396 e. The van der Waals surface area contributed by atoms with Gasteiger partial charge in [0.25, 0.3) is 5.91 Å². The van der Waals surface area contributed by atoms with E-state index in [2.05, 4.69) is 15.3 Å². The molecule has 0 bridgehead atoms. The molecule has 0 atom stereocenters. The Labute approximate surface area is 127 Å². The molecule has 0 aliphatic rings. The number of hydrogen-bond acceptors (Lipinski definition) is 7. The maximum Gasteiger partial charge on any atom is 0.263 e. The van der Waals surface area contributed by atoms with E-state index in [0.29, 0.717) is 40.7 Å². The zero-order chi connectivity index (χ0) is 15.2. The van der Waals surface area contributed by atoms with Crippen LogP contribution in [0.25, 0.3) is 10.3 Å². The van der Waals surface area contributed by atoms with Gasteiger partial charge in [-0.15, -0.1) is 11.3 Å². The van der Waals surface area contributed by atoms with Gasteiger partial charge in [0, 0.05) is 25.5 Å². The zero-order valence-corrected chi connectivity index (χ0v) is 12.9. The van der Waals surface area contributed by atoms with E-state index >= 15 is 0 Å². The Morgan fingerprint density at radius 2 is 2.14 bits per heavy atom. The van der Waals surface area contributed by atoms with Crippen molar-refractivity contribution in [3.8, 4) is 0 Å². The number of carbonyl (C=O) groups excluding carboxylic acids is 1. The van der Waals surface area contributed by atoms with Gasteiger partial charge in [-0.25, -0.2) is 9.97 Å². The summed E-state index contributed by atoms with van der Waals surface area (Å²) in [6.07, 6.45) is 3.14. The summed E-state index contributed by atoms with van der Waals surface area (Å²) in [5, 5.41) is 2.79. The third kappa shape index (κ3) is 4.10. The molecule has 0 saturated carbocycles. The lowest BCUT2D eigenvalue weighted by Crippen LogP contribution is -2.28. The zero-order valence-electron chi connectivity index (χ0n) is 12.1. The standard InChI is InChI=1S/C13H19N5O2S/c1-18(2)6-8-20-7-5-16-12(19)11-9(14)10-13(21-11)17-4-3-15-10/h3-4H,5-8,14H2,1-2H3,(H,16,19). The van der Waals surface area contributed by atoms with Crippen LogP contribution >= 0.6 is 11.3 Å². The average Bonchev–Trinajstić information content (AvgIpc) is 2.80. The first-order chi connectivity index (χ1) is 10.1. The van der Waals surface area contributed by atoms with Gasteiger partial charge in [-0.3, -0.25) is 4.79 Å². The Morgan fingerprint density at radius 3 is 2.86 bits per heavy atom. The van der Waals surface area contributed by atoms with E-state index in [9.17, 15) is 4.79 Å². The summed E-state index contributed by atoms with van der Waals surface area (Å²) in [7, 11) is 3.97. The molecule has 0 unspecified atom stereocenters. The van der Waals surface area contributed by atoms with Crippen molar-refractivity contribution >= 4 is 33.3 Å². The van der Waals surface area contributed by atoms with Gasteiger partial charge >= 0.3 is 0 Å². The third-order valence-corrected chi connectivity index (χ3v) is 3.89. The first-order valence-electron chi connectivity index (χ1n) is 6.59. The Morgan fingerprint density at radius 1 is 1.38 bits per heavy atom. The Kier molecular flexibility index (Phi) is 5.43. The molecule has 0 spiro atoms. The monoisotopic (exact) mass is 309 g/mol. The predicted molar refractivity (Wildman–Crippen MR) is 83.5 cm³/mol. The van der Waals surface area contributed by atoms with E-state index in [1.54, 1.807) is 12.4 Å². The second kappa shape index (κ2) is 7.30. The number of nitrogens with one attached hydrogen (secondary N) is 1. The number of nitrogens with two attached hydrogens (primary N) is 1. The molecular weight excluding hydrogens is 290 g/mol. The predicted octanol–water partition coefficient (Wildman–Crippen LogP) is 0.581. The van der Waals surface area contributed by atoms with E-state index in [4.69, 9.17) is 10.5 Å². The van der Waals surface area contributed by atoms with Gasteiger partial charge in [0.05, 0.1) is 18.9 Å². The van der Waals surface area contributed by atoms with E-state index in [-0.39, 0.29) is 5.91 Å². The minimum Gasteiger partial charge on any atom is -0.396 e. The van der Waals surface area contributed by atoms with E-state index in [1.165, 1.54) is 11.3 Å². The van der Waals surface area contributed by atoms with Crippen LogP contribution < -0.4 is 11.1 Å². The number of fused-ring (bicyclic) bond motifs is 1. The molecule has 2 heterocycles. The van der Waals surface area contributed by atoms with Gasteiger partial charge in [0.15, 0.2) is 0 Å². The van der Waals surface area contributed by atoms with Crippen LogP contribution in [-0.4, -0.2) is 61.2 Å². The lowest BCUT2D eigenvalue weighted by molar-refractivity contribution is 0.0904. The number of rotatable bonds is 7. The van der Waals surface area contributed by atoms with Crippen LogP contribution in [-0.2, 0) is 4.74 Å². The first kappa shape index (κ1) is 15.6. The highest BCUT2D eigenvalue weighted by molar-refractivity contribution is 7.21. The maximum absolute atomic E-state index is 12.1. The van der Waals surface area contributed by atoms with Crippen LogP contribution in [0.4, 0.5) is 5.69 Å². The summed E-state index contributed by atoms with van der Waals surface area (Å²) in [4.78, 5) is 23.5. The minimum absolute atomic E-state index is 0.214. The van der Waals surface area contributed by atoms with Crippen LogP contribution in [0.15, 0.2) is 12.4 Å². The Bertz CT molecular complexity index is 614. The molecule has 7 nitrogen and oxygen atoms in total. The summed E-state index contributed by atoms with van der Waals surface area (Å²) in [6.45, 7) is 2.41. The molecule has 21 heavy (non-hydrogen) atoms. The number of nitrogens with zero attached hydrogens (tertiary/aromatic N) is 3. The van der Waals surface area contributed by atoms with Gasteiger partial charge in [-0.05, 0) is 14.1 Å². The molecule has 0 fully saturated rings. The molecule has 2 aromatic rings. The van der Waals surface area contributed by atoms with Crippen molar-refractivity contribution in [1.82, 2.24) is 20.2 Å². The second-order valence-corrected chi connectivity index (χ2v) is 5.73. The number of anilines is 1. The molecule has 8 heteroatoms. The minimum atomic E-state index is -0.214. The first-order valence-corrected chi connectivity index (χ1v) is 7.41. The number of nitrogen functional groups attached to an aromatic ring is 1. The van der Waals surface area contributed by atoms with Crippen molar-refractivity contribution in [2.75, 3.05) is 46.1 Å². The maximum atomic E-state index is 12.1. The Hall–Kier alpha value is -1.77. The summed E-state index contributed by atoms with van der Waals surface area (Å²) >= 11 is 1.25. The van der Waals surface area contributed by atoms with Gasteiger partial charge in [-0.1, -0.05) is 0 Å². The molecule has 2 rings (SSSR count). The van der Waals surface area contributed by atoms with Crippen LogP contribution in [0, 0.1) is 0 Å². The number of amides is 1. The molecular formula is C13H19N5O2S. The lowest BCUT2D eigenvalue weighted by atomic mass is 10.3. The topological polar surface area (TPSA) is 93.4 Å². The van der Waals surface area contributed by atoms with Crippen molar-refractivity contribution in [2.24, 2.45) is 0 Å². The second-order valence-electron chi connectivity index (χ2n) is 4.73. The number of aromatic nitrogens is 2.